The molecule has 15 heavy (non-hydrogen) atoms. The Balaban J connectivity index is 3.90. The lowest BCUT2D eigenvalue weighted by Crippen LogP contribution is -2.45. The maximum atomic E-state index is 5.80. The van der Waals surface area contributed by atoms with Crippen molar-refractivity contribution < 1.29 is 0 Å². The number of nitrogens with one attached hydrogen (secondary N) is 1. The molecule has 0 radical (unpaired) electrons. The largest absolute Gasteiger partial charge is 0.370 e. The van der Waals surface area contributed by atoms with Gasteiger partial charge in [-0.15, -0.1) is 0 Å². The molecule has 0 aliphatic heterocycles. The fraction of sp³-hybridized carbons (Fsp3) is 0.917. The van der Waals surface area contributed by atoms with E-state index in [1.54, 1.807) is 0 Å². The molecule has 0 heterocycles. The number of hydrogen-bond donors (Lipinski definition) is 2. The topological polar surface area (TPSA) is 50.4 Å². The summed E-state index contributed by atoms with van der Waals surface area (Å²) >= 11 is 0. The van der Waals surface area contributed by atoms with Gasteiger partial charge in [-0.1, -0.05) is 26.2 Å². The van der Waals surface area contributed by atoms with Crippen LogP contribution in [-0.2, 0) is 0 Å². The van der Waals surface area contributed by atoms with Crippen LogP contribution in [0.5, 0.6) is 0 Å². The van der Waals surface area contributed by atoms with Gasteiger partial charge < -0.3 is 11.1 Å². The first-order valence-corrected chi connectivity index (χ1v) is 5.96. The number of nitrogens with zero attached hydrogens (tertiary/aromatic N) is 1. The van der Waals surface area contributed by atoms with E-state index in [0.29, 0.717) is 12.0 Å². The lowest BCUT2D eigenvalue weighted by molar-refractivity contribution is 0.504. The molecule has 0 fully saturated rings. The van der Waals surface area contributed by atoms with E-state index >= 15 is 0 Å². The van der Waals surface area contributed by atoms with Gasteiger partial charge in [0.1, 0.15) is 0 Å². The van der Waals surface area contributed by atoms with Gasteiger partial charge in [0.15, 0.2) is 5.96 Å². The Labute approximate surface area is 94.5 Å². The Morgan fingerprint density at radius 2 is 1.93 bits per heavy atom. The number of guanidine groups is 1. The molecule has 0 aromatic heterocycles. The lowest BCUT2D eigenvalue weighted by atomic mass is 10.1. The lowest BCUT2D eigenvalue weighted by Gasteiger charge is -2.21. The minimum Gasteiger partial charge on any atom is -0.370 e. The summed E-state index contributed by atoms with van der Waals surface area (Å²) < 4.78 is 0. The quantitative estimate of drug-likeness (QED) is 0.419. The molecule has 1 unspecified atom stereocenters. The molecule has 0 aromatic rings. The smallest absolute Gasteiger partial charge is 0.189 e. The first kappa shape index (κ1) is 14.3. The van der Waals surface area contributed by atoms with Crippen LogP contribution in [-0.4, -0.2) is 17.5 Å². The highest BCUT2D eigenvalue weighted by Crippen LogP contribution is 2.06. The molecule has 3 heteroatoms. The van der Waals surface area contributed by atoms with E-state index in [9.17, 15) is 0 Å². The summed E-state index contributed by atoms with van der Waals surface area (Å²) in [5.41, 5.74) is 5.80. The highest BCUT2D eigenvalue weighted by atomic mass is 15.1. The average Bonchev–Trinajstić information content (AvgIpc) is 2.00. The van der Waals surface area contributed by atoms with E-state index in [4.69, 9.17) is 5.73 Å². The van der Waals surface area contributed by atoms with E-state index in [0.717, 1.165) is 6.42 Å². The maximum absolute atomic E-state index is 5.80. The van der Waals surface area contributed by atoms with Crippen molar-refractivity contribution in [1.29, 1.82) is 0 Å². The third-order valence-corrected chi connectivity index (χ3v) is 2.09. The Kier molecular flexibility index (Phi) is 6.37. The van der Waals surface area contributed by atoms with Gasteiger partial charge in [-0.25, -0.2) is 0 Å². The molecule has 0 amide bonds. The van der Waals surface area contributed by atoms with Crippen molar-refractivity contribution in [1.82, 2.24) is 5.32 Å². The molecular formula is C12H27N3. The fourth-order valence-electron chi connectivity index (χ4n) is 1.41. The van der Waals surface area contributed by atoms with Crippen molar-refractivity contribution in [2.45, 2.75) is 71.9 Å². The molecule has 3 nitrogen and oxygen atoms in total. The van der Waals surface area contributed by atoms with Crippen LogP contribution in [0.4, 0.5) is 0 Å². The van der Waals surface area contributed by atoms with Crippen LogP contribution < -0.4 is 11.1 Å². The van der Waals surface area contributed by atoms with Gasteiger partial charge in [0.05, 0.1) is 6.04 Å². The Hall–Kier alpha value is -0.730. The minimum atomic E-state index is -0.00325. The van der Waals surface area contributed by atoms with Crippen LogP contribution in [0.3, 0.4) is 0 Å². The molecule has 0 bridgehead atoms. The van der Waals surface area contributed by atoms with Crippen LogP contribution in [0.25, 0.3) is 0 Å². The number of hydrogen-bond acceptors (Lipinski definition) is 1. The van der Waals surface area contributed by atoms with Crippen molar-refractivity contribution in [3.8, 4) is 0 Å². The molecular weight excluding hydrogens is 186 g/mol. The SMILES string of the molecule is CCCCCC(C)N=C(N)NC(C)(C)C. The normalized spacial score (nSPS) is 15.1. The van der Waals surface area contributed by atoms with Crippen LogP contribution in [0, 0.1) is 0 Å². The van der Waals surface area contributed by atoms with Crippen LogP contribution in [0.1, 0.15) is 60.3 Å². The second kappa shape index (κ2) is 6.70. The first-order chi connectivity index (χ1) is 6.85. The Morgan fingerprint density at radius 3 is 2.40 bits per heavy atom. The summed E-state index contributed by atoms with van der Waals surface area (Å²) in [5.74, 6) is 0.562. The van der Waals surface area contributed by atoms with Gasteiger partial charge >= 0.3 is 0 Å². The predicted molar refractivity (Wildman–Crippen MR) is 68.1 cm³/mol. The van der Waals surface area contributed by atoms with Gasteiger partial charge in [0.2, 0.25) is 0 Å². The second-order valence-electron chi connectivity index (χ2n) is 5.23. The molecule has 0 aliphatic carbocycles. The molecule has 0 aliphatic rings. The van der Waals surface area contributed by atoms with Crippen molar-refractivity contribution >= 4 is 5.96 Å². The molecule has 0 saturated heterocycles. The maximum Gasteiger partial charge on any atom is 0.189 e. The zero-order valence-corrected chi connectivity index (χ0v) is 10.9. The van der Waals surface area contributed by atoms with E-state index < -0.39 is 0 Å². The molecule has 1 atom stereocenters. The van der Waals surface area contributed by atoms with Gasteiger partial charge in [0.25, 0.3) is 0 Å². The van der Waals surface area contributed by atoms with Crippen LogP contribution in [0.15, 0.2) is 4.99 Å². The third kappa shape index (κ3) is 9.57. The molecule has 0 saturated carbocycles. The highest BCUT2D eigenvalue weighted by Gasteiger charge is 2.10. The number of aliphatic imine (C=N–C) groups is 1. The molecule has 0 spiro atoms. The highest BCUT2D eigenvalue weighted by molar-refractivity contribution is 5.78. The van der Waals surface area contributed by atoms with Crippen molar-refractivity contribution in [2.24, 2.45) is 10.7 Å². The summed E-state index contributed by atoms with van der Waals surface area (Å²) in [6, 6.07) is 0.325. The fourth-order valence-corrected chi connectivity index (χ4v) is 1.41. The first-order valence-electron chi connectivity index (χ1n) is 5.96. The summed E-state index contributed by atoms with van der Waals surface area (Å²) in [4.78, 5) is 4.42. The Morgan fingerprint density at radius 1 is 1.33 bits per heavy atom. The van der Waals surface area contributed by atoms with Gasteiger partial charge in [-0.05, 0) is 34.1 Å². The van der Waals surface area contributed by atoms with Crippen molar-refractivity contribution in [3.05, 3.63) is 0 Å². The van der Waals surface area contributed by atoms with Gasteiger partial charge in [-0.2, -0.15) is 0 Å². The number of rotatable bonds is 5. The zero-order chi connectivity index (χ0) is 11.9. The molecule has 0 rings (SSSR count). The van der Waals surface area contributed by atoms with Crippen LogP contribution >= 0.6 is 0 Å². The number of unbranched alkanes of at least 4 members (excludes halogenated alkanes) is 2. The van der Waals surface area contributed by atoms with Gasteiger partial charge in [-0.3, -0.25) is 4.99 Å². The van der Waals surface area contributed by atoms with Crippen molar-refractivity contribution in [3.63, 3.8) is 0 Å². The summed E-state index contributed by atoms with van der Waals surface area (Å²) in [5, 5.41) is 3.17. The predicted octanol–water partition coefficient (Wildman–Crippen LogP) is 2.66. The zero-order valence-electron chi connectivity index (χ0n) is 10.9. The van der Waals surface area contributed by atoms with E-state index in [-0.39, 0.29) is 5.54 Å². The molecule has 0 aromatic carbocycles. The van der Waals surface area contributed by atoms with E-state index in [1.165, 1.54) is 19.3 Å². The third-order valence-electron chi connectivity index (χ3n) is 2.09. The average molecular weight is 213 g/mol. The minimum absolute atomic E-state index is 0.00325. The standard InChI is InChI=1S/C12H27N3/c1-6-7-8-9-10(2)14-11(13)15-12(3,4)5/h10H,6-9H2,1-5H3,(H3,13,14,15). The summed E-state index contributed by atoms with van der Waals surface area (Å²) in [6.07, 6.45) is 4.91. The van der Waals surface area contributed by atoms with Crippen LogP contribution in [0.2, 0.25) is 0 Å². The Bertz CT molecular complexity index is 192. The summed E-state index contributed by atoms with van der Waals surface area (Å²) in [7, 11) is 0. The summed E-state index contributed by atoms with van der Waals surface area (Å²) in [6.45, 7) is 10.6. The monoisotopic (exact) mass is 213 g/mol. The second-order valence-corrected chi connectivity index (χ2v) is 5.23. The number of nitrogens with two attached hydrogens (primary N) is 1. The van der Waals surface area contributed by atoms with E-state index in [2.05, 4.69) is 44.9 Å². The molecule has 3 N–H and O–H groups in total. The molecule has 90 valence electrons. The van der Waals surface area contributed by atoms with Gasteiger partial charge in [0, 0.05) is 5.54 Å². The van der Waals surface area contributed by atoms with Crippen molar-refractivity contribution in [2.75, 3.05) is 0 Å². The van der Waals surface area contributed by atoms with E-state index in [1.807, 2.05) is 0 Å².